The van der Waals surface area contributed by atoms with Crippen molar-refractivity contribution in [3.05, 3.63) is 64.5 Å². The summed E-state index contributed by atoms with van der Waals surface area (Å²) < 4.78 is 56.7. The third-order valence-corrected chi connectivity index (χ3v) is 5.27. The highest BCUT2D eigenvalue weighted by molar-refractivity contribution is 5.91. The molecule has 12 heteroatoms. The van der Waals surface area contributed by atoms with Gasteiger partial charge in [-0.1, -0.05) is 0 Å². The molecule has 1 fully saturated rings. The van der Waals surface area contributed by atoms with Gasteiger partial charge in [0.1, 0.15) is 18.6 Å². The van der Waals surface area contributed by atoms with Crippen LogP contribution in [0.3, 0.4) is 0 Å². The largest absolute Gasteiger partial charge is 0.416 e. The summed E-state index contributed by atoms with van der Waals surface area (Å²) in [5.74, 6) is -0.618. The summed E-state index contributed by atoms with van der Waals surface area (Å²) in [6.45, 7) is -0.543. The van der Waals surface area contributed by atoms with Gasteiger partial charge in [-0.05, 0) is 43.2 Å². The third-order valence-electron chi connectivity index (χ3n) is 5.27. The first-order valence-electron chi connectivity index (χ1n) is 9.55. The summed E-state index contributed by atoms with van der Waals surface area (Å²) in [6.07, 6.45) is -1.49. The Balaban J connectivity index is 1.51. The molecule has 3 heterocycles. The molecule has 1 amide bonds. The number of carbonyl (C=O) groups excluding carboxylic acids is 1. The average molecular weight is 446 g/mol. The zero-order chi connectivity index (χ0) is 22.7. The molecule has 0 atom stereocenters. The van der Waals surface area contributed by atoms with E-state index in [-0.39, 0.29) is 29.3 Å². The van der Waals surface area contributed by atoms with E-state index in [0.717, 1.165) is 22.9 Å². The quantitative estimate of drug-likeness (QED) is 0.487. The van der Waals surface area contributed by atoms with Crippen LogP contribution in [0.25, 0.3) is 16.4 Å². The number of alkyl halides is 4. The molecule has 4 aromatic rings. The van der Waals surface area contributed by atoms with Gasteiger partial charge >= 0.3 is 6.18 Å². The Morgan fingerprint density at radius 3 is 2.66 bits per heavy atom. The summed E-state index contributed by atoms with van der Waals surface area (Å²) in [7, 11) is 0. The molecule has 0 radical (unpaired) electrons. The van der Waals surface area contributed by atoms with Gasteiger partial charge in [0.25, 0.3) is 5.56 Å². The van der Waals surface area contributed by atoms with E-state index in [2.05, 4.69) is 20.6 Å². The minimum absolute atomic E-state index is 0.0781. The SMILES string of the molecule is O=C(Cn1nc(C2(F)CC2)c2cc(C(F)(F)F)ccc2c1=O)Nc1ccc2nncn2c1. The molecule has 0 saturated heterocycles. The van der Waals surface area contributed by atoms with Crippen molar-refractivity contribution >= 4 is 28.0 Å². The van der Waals surface area contributed by atoms with E-state index in [1.165, 1.54) is 6.33 Å². The van der Waals surface area contributed by atoms with Crippen LogP contribution in [-0.2, 0) is 23.2 Å². The lowest BCUT2D eigenvalue weighted by Crippen LogP contribution is -2.31. The minimum Gasteiger partial charge on any atom is -0.323 e. The molecule has 0 unspecified atom stereocenters. The number of nitrogens with zero attached hydrogens (tertiary/aromatic N) is 5. The van der Waals surface area contributed by atoms with Crippen molar-refractivity contribution in [1.82, 2.24) is 24.4 Å². The fourth-order valence-electron chi connectivity index (χ4n) is 3.48. The average Bonchev–Trinajstić information content (AvgIpc) is 3.31. The van der Waals surface area contributed by atoms with E-state index in [1.54, 1.807) is 22.7 Å². The Morgan fingerprint density at radius 1 is 1.16 bits per heavy atom. The van der Waals surface area contributed by atoms with E-state index in [4.69, 9.17) is 0 Å². The number of hydrogen-bond acceptors (Lipinski definition) is 5. The molecule has 0 spiro atoms. The van der Waals surface area contributed by atoms with Crippen molar-refractivity contribution in [1.29, 1.82) is 0 Å². The van der Waals surface area contributed by atoms with Gasteiger partial charge in [0, 0.05) is 11.6 Å². The van der Waals surface area contributed by atoms with Crippen molar-refractivity contribution in [3.63, 3.8) is 0 Å². The van der Waals surface area contributed by atoms with Gasteiger partial charge in [0.2, 0.25) is 5.91 Å². The highest BCUT2D eigenvalue weighted by Gasteiger charge is 2.48. The summed E-state index contributed by atoms with van der Waals surface area (Å²) in [5, 5.41) is 13.8. The number of hydrogen-bond donors (Lipinski definition) is 1. The van der Waals surface area contributed by atoms with Crippen molar-refractivity contribution < 1.29 is 22.4 Å². The van der Waals surface area contributed by atoms with Crippen molar-refractivity contribution in [2.24, 2.45) is 0 Å². The molecule has 1 aliphatic carbocycles. The number of nitrogens with one attached hydrogen (secondary N) is 1. The molecule has 1 N–H and O–H groups in total. The fraction of sp³-hybridized carbons (Fsp3) is 0.250. The lowest BCUT2D eigenvalue weighted by atomic mass is 10.0. The Hall–Kier alpha value is -3.83. The van der Waals surface area contributed by atoms with Gasteiger partial charge in [0.15, 0.2) is 11.3 Å². The van der Waals surface area contributed by atoms with E-state index >= 15 is 0 Å². The normalized spacial score (nSPS) is 15.2. The number of amides is 1. The lowest BCUT2D eigenvalue weighted by Gasteiger charge is -2.15. The molecular formula is C20H14F4N6O2. The van der Waals surface area contributed by atoms with Crippen LogP contribution >= 0.6 is 0 Å². The second-order valence-corrected chi connectivity index (χ2v) is 7.60. The number of benzene rings is 1. The topological polar surface area (TPSA) is 94.2 Å². The van der Waals surface area contributed by atoms with Crippen LogP contribution in [0, 0.1) is 0 Å². The summed E-state index contributed by atoms with van der Waals surface area (Å²) >= 11 is 0. The van der Waals surface area contributed by atoms with Crippen molar-refractivity contribution in [2.75, 3.05) is 5.32 Å². The van der Waals surface area contributed by atoms with E-state index in [9.17, 15) is 27.2 Å². The van der Waals surface area contributed by atoms with E-state index in [1.807, 2.05) is 0 Å². The lowest BCUT2D eigenvalue weighted by molar-refractivity contribution is -0.137. The minimum atomic E-state index is -4.65. The Labute approximate surface area is 176 Å². The third kappa shape index (κ3) is 3.47. The van der Waals surface area contributed by atoms with E-state index < -0.39 is 35.4 Å². The first-order valence-corrected chi connectivity index (χ1v) is 9.55. The first kappa shape index (κ1) is 20.1. The predicted molar refractivity (Wildman–Crippen MR) is 105 cm³/mol. The van der Waals surface area contributed by atoms with Crippen LogP contribution in [0.5, 0.6) is 0 Å². The fourth-order valence-corrected chi connectivity index (χ4v) is 3.48. The van der Waals surface area contributed by atoms with Crippen LogP contribution < -0.4 is 10.9 Å². The highest BCUT2D eigenvalue weighted by Crippen LogP contribution is 2.50. The number of carbonyl (C=O) groups is 1. The maximum atomic E-state index is 14.9. The molecule has 1 saturated carbocycles. The van der Waals surface area contributed by atoms with Gasteiger partial charge in [-0.2, -0.15) is 18.3 Å². The zero-order valence-corrected chi connectivity index (χ0v) is 16.2. The van der Waals surface area contributed by atoms with Crippen LogP contribution in [0.2, 0.25) is 0 Å². The summed E-state index contributed by atoms with van der Waals surface area (Å²) in [6, 6.07) is 5.69. The van der Waals surface area contributed by atoms with E-state index in [0.29, 0.717) is 11.3 Å². The second kappa shape index (κ2) is 6.84. The number of fused-ring (bicyclic) bond motifs is 2. The van der Waals surface area contributed by atoms with Gasteiger partial charge in [-0.3, -0.25) is 14.0 Å². The van der Waals surface area contributed by atoms with Gasteiger partial charge in [-0.25, -0.2) is 9.07 Å². The maximum Gasteiger partial charge on any atom is 0.416 e. The number of aromatic nitrogens is 5. The van der Waals surface area contributed by atoms with Crippen molar-refractivity contribution in [3.8, 4) is 0 Å². The molecule has 1 aromatic carbocycles. The standard InChI is InChI=1S/C20H14F4N6O2/c21-19(5-6-19)17-14-7-11(20(22,23)24)1-3-13(14)18(32)30(28-17)9-16(31)26-12-2-4-15-27-25-10-29(15)8-12/h1-4,7-8,10H,5-6,9H2,(H,26,31). The van der Waals surface area contributed by atoms with Gasteiger partial charge in [0.05, 0.1) is 16.6 Å². The number of pyridine rings is 1. The van der Waals surface area contributed by atoms with Crippen molar-refractivity contribution in [2.45, 2.75) is 31.2 Å². The first-order chi connectivity index (χ1) is 15.1. The Bertz CT molecular complexity index is 1440. The van der Waals surface area contributed by atoms with Crippen LogP contribution in [-0.4, -0.2) is 30.3 Å². The van der Waals surface area contributed by atoms with Crippen LogP contribution in [0.4, 0.5) is 23.2 Å². The molecule has 32 heavy (non-hydrogen) atoms. The second-order valence-electron chi connectivity index (χ2n) is 7.60. The number of anilines is 1. The van der Waals surface area contributed by atoms with Crippen LogP contribution in [0.15, 0.2) is 47.7 Å². The van der Waals surface area contributed by atoms with Gasteiger partial charge < -0.3 is 5.32 Å². The maximum absolute atomic E-state index is 14.9. The zero-order valence-electron chi connectivity index (χ0n) is 16.2. The monoisotopic (exact) mass is 446 g/mol. The molecule has 0 aliphatic heterocycles. The Kier molecular flexibility index (Phi) is 4.29. The predicted octanol–water partition coefficient (Wildman–Crippen LogP) is 3.06. The molecule has 164 valence electrons. The van der Waals surface area contributed by atoms with Crippen LogP contribution in [0.1, 0.15) is 24.1 Å². The summed E-state index contributed by atoms with van der Waals surface area (Å²) in [4.78, 5) is 25.3. The molecular weight excluding hydrogens is 432 g/mol. The molecule has 1 aliphatic rings. The van der Waals surface area contributed by atoms with Gasteiger partial charge in [-0.15, -0.1) is 10.2 Å². The Morgan fingerprint density at radius 2 is 1.94 bits per heavy atom. The number of rotatable bonds is 4. The summed E-state index contributed by atoms with van der Waals surface area (Å²) in [5.41, 5.74) is -3.01. The highest BCUT2D eigenvalue weighted by atomic mass is 19.4. The molecule has 5 rings (SSSR count). The molecule has 8 nitrogen and oxygen atoms in total. The molecule has 3 aromatic heterocycles. The molecule has 0 bridgehead atoms. The smallest absolute Gasteiger partial charge is 0.323 e. The number of halogens is 4.